The molecular formula is C13H18N4O. The van der Waals surface area contributed by atoms with E-state index in [4.69, 9.17) is 0 Å². The van der Waals surface area contributed by atoms with Crippen molar-refractivity contribution in [2.24, 2.45) is 5.92 Å². The number of hydrogen-bond acceptors (Lipinski definition) is 3. The number of carbonyl (C=O) groups is 1. The zero-order valence-corrected chi connectivity index (χ0v) is 10.6. The number of aromatic nitrogens is 2. The third kappa shape index (κ3) is 2.53. The molecule has 1 heterocycles. The van der Waals surface area contributed by atoms with Gasteiger partial charge in [-0.25, -0.2) is 0 Å². The number of hydrogen-bond donors (Lipinski definition) is 1. The van der Waals surface area contributed by atoms with Gasteiger partial charge in [0.25, 0.3) is 0 Å². The van der Waals surface area contributed by atoms with E-state index >= 15 is 0 Å². The maximum absolute atomic E-state index is 11.9. The monoisotopic (exact) mass is 246 g/mol. The number of nitrogens with one attached hydrogen (secondary N) is 1. The second-order valence-corrected chi connectivity index (χ2v) is 4.94. The Hall–Kier alpha value is -1.83. The standard InChI is InChI=1S/C13H18N4O/c1-11-4-2-6-13(11,10-14)16-12(18)5-9-17-8-3-7-15-17/h3,7-8,11H,2,4-6,9H2,1H3,(H,16,18)/t11-,13+/m1/s1. The topological polar surface area (TPSA) is 70.7 Å². The molecule has 2 rings (SSSR count). The van der Waals surface area contributed by atoms with Crippen molar-refractivity contribution in [3.63, 3.8) is 0 Å². The van der Waals surface area contributed by atoms with Crippen molar-refractivity contribution in [2.45, 2.75) is 44.7 Å². The third-order valence-electron chi connectivity index (χ3n) is 3.74. The van der Waals surface area contributed by atoms with E-state index in [-0.39, 0.29) is 11.8 Å². The summed E-state index contributed by atoms with van der Waals surface area (Å²) < 4.78 is 1.72. The van der Waals surface area contributed by atoms with Gasteiger partial charge in [0.1, 0.15) is 5.54 Å². The van der Waals surface area contributed by atoms with Crippen molar-refractivity contribution in [1.29, 1.82) is 5.26 Å². The highest BCUT2D eigenvalue weighted by Crippen LogP contribution is 2.34. The second kappa shape index (κ2) is 5.21. The quantitative estimate of drug-likeness (QED) is 0.874. The van der Waals surface area contributed by atoms with E-state index in [1.807, 2.05) is 19.2 Å². The Balaban J connectivity index is 1.89. The first-order valence-corrected chi connectivity index (χ1v) is 6.36. The molecule has 1 saturated carbocycles. The van der Waals surface area contributed by atoms with Gasteiger partial charge in [-0.3, -0.25) is 9.48 Å². The summed E-state index contributed by atoms with van der Waals surface area (Å²) in [6.45, 7) is 2.58. The van der Waals surface area contributed by atoms with Gasteiger partial charge < -0.3 is 5.32 Å². The van der Waals surface area contributed by atoms with Gasteiger partial charge in [0.05, 0.1) is 6.07 Å². The molecule has 0 spiro atoms. The summed E-state index contributed by atoms with van der Waals surface area (Å²) in [4.78, 5) is 11.9. The minimum atomic E-state index is -0.652. The Kier molecular flexibility index (Phi) is 3.66. The van der Waals surface area contributed by atoms with Crippen LogP contribution in [0.25, 0.3) is 0 Å². The van der Waals surface area contributed by atoms with Crippen LogP contribution in [0.5, 0.6) is 0 Å². The minimum absolute atomic E-state index is 0.0687. The van der Waals surface area contributed by atoms with Gasteiger partial charge in [-0.05, 0) is 31.2 Å². The minimum Gasteiger partial charge on any atom is -0.338 e. The van der Waals surface area contributed by atoms with Crippen molar-refractivity contribution in [2.75, 3.05) is 0 Å². The smallest absolute Gasteiger partial charge is 0.223 e. The molecule has 2 atom stereocenters. The van der Waals surface area contributed by atoms with Gasteiger partial charge in [0.15, 0.2) is 0 Å². The molecule has 96 valence electrons. The summed E-state index contributed by atoms with van der Waals surface area (Å²) in [6.07, 6.45) is 6.65. The number of amides is 1. The van der Waals surface area contributed by atoms with E-state index in [9.17, 15) is 10.1 Å². The molecule has 0 aliphatic heterocycles. The molecule has 0 saturated heterocycles. The molecule has 1 amide bonds. The van der Waals surface area contributed by atoms with Crippen molar-refractivity contribution in [3.05, 3.63) is 18.5 Å². The summed E-state index contributed by atoms with van der Waals surface area (Å²) >= 11 is 0. The largest absolute Gasteiger partial charge is 0.338 e. The van der Waals surface area contributed by atoms with Crippen LogP contribution >= 0.6 is 0 Å². The molecule has 1 aliphatic rings. The maximum atomic E-state index is 11.9. The van der Waals surface area contributed by atoms with E-state index in [2.05, 4.69) is 16.5 Å². The van der Waals surface area contributed by atoms with Gasteiger partial charge in [0, 0.05) is 25.4 Å². The van der Waals surface area contributed by atoms with E-state index < -0.39 is 5.54 Å². The summed E-state index contributed by atoms with van der Waals surface area (Å²) in [7, 11) is 0. The van der Waals surface area contributed by atoms with Gasteiger partial charge in [0.2, 0.25) is 5.91 Å². The molecule has 0 bridgehead atoms. The molecule has 18 heavy (non-hydrogen) atoms. The lowest BCUT2D eigenvalue weighted by molar-refractivity contribution is -0.123. The normalized spacial score (nSPS) is 26.8. The number of rotatable bonds is 4. The molecule has 0 aromatic carbocycles. The van der Waals surface area contributed by atoms with Crippen LogP contribution in [-0.4, -0.2) is 21.2 Å². The number of nitrogens with zero attached hydrogens (tertiary/aromatic N) is 3. The van der Waals surface area contributed by atoms with E-state index in [1.165, 1.54) is 0 Å². The Morgan fingerprint density at radius 3 is 3.11 bits per heavy atom. The molecule has 5 heteroatoms. The van der Waals surface area contributed by atoms with Crippen LogP contribution < -0.4 is 5.32 Å². The summed E-state index contributed by atoms with van der Waals surface area (Å²) in [5, 5.41) is 16.3. The van der Waals surface area contributed by atoms with Crippen LogP contribution in [0.1, 0.15) is 32.6 Å². The molecule has 1 aromatic rings. The van der Waals surface area contributed by atoms with Crippen LogP contribution in [0, 0.1) is 17.2 Å². The molecule has 0 unspecified atom stereocenters. The Morgan fingerprint density at radius 1 is 1.72 bits per heavy atom. The molecule has 5 nitrogen and oxygen atoms in total. The van der Waals surface area contributed by atoms with E-state index in [1.54, 1.807) is 10.9 Å². The lowest BCUT2D eigenvalue weighted by Crippen LogP contribution is -2.49. The first-order valence-electron chi connectivity index (χ1n) is 6.36. The first kappa shape index (κ1) is 12.6. The molecule has 1 N–H and O–H groups in total. The highest BCUT2D eigenvalue weighted by molar-refractivity contribution is 5.77. The fraction of sp³-hybridized carbons (Fsp3) is 0.615. The maximum Gasteiger partial charge on any atom is 0.223 e. The van der Waals surface area contributed by atoms with Crippen LogP contribution in [0.3, 0.4) is 0 Å². The van der Waals surface area contributed by atoms with Crippen LogP contribution in [0.15, 0.2) is 18.5 Å². The van der Waals surface area contributed by atoms with Crippen molar-refractivity contribution < 1.29 is 4.79 Å². The fourth-order valence-corrected chi connectivity index (χ4v) is 2.52. The van der Waals surface area contributed by atoms with Crippen molar-refractivity contribution in [3.8, 4) is 6.07 Å². The van der Waals surface area contributed by atoms with Crippen LogP contribution in [-0.2, 0) is 11.3 Å². The van der Waals surface area contributed by atoms with Gasteiger partial charge in [-0.1, -0.05) is 6.92 Å². The zero-order valence-electron chi connectivity index (χ0n) is 10.6. The Bertz CT molecular complexity index is 448. The predicted octanol–water partition coefficient (Wildman–Crippen LogP) is 1.47. The second-order valence-electron chi connectivity index (χ2n) is 4.94. The highest BCUT2D eigenvalue weighted by Gasteiger charge is 2.41. The summed E-state index contributed by atoms with van der Waals surface area (Å²) in [5.74, 6) is 0.164. The fourth-order valence-electron chi connectivity index (χ4n) is 2.52. The SMILES string of the molecule is C[C@@H]1CCC[C@@]1(C#N)NC(=O)CCn1cccn1. The van der Waals surface area contributed by atoms with Gasteiger partial charge >= 0.3 is 0 Å². The predicted molar refractivity (Wildman–Crippen MR) is 66.3 cm³/mol. The first-order chi connectivity index (χ1) is 8.66. The van der Waals surface area contributed by atoms with Gasteiger partial charge in [-0.15, -0.1) is 0 Å². The van der Waals surface area contributed by atoms with Gasteiger partial charge in [-0.2, -0.15) is 10.4 Å². The van der Waals surface area contributed by atoms with Crippen LogP contribution in [0.4, 0.5) is 0 Å². The van der Waals surface area contributed by atoms with E-state index in [0.29, 0.717) is 13.0 Å². The lowest BCUT2D eigenvalue weighted by Gasteiger charge is -2.27. The van der Waals surface area contributed by atoms with Crippen molar-refractivity contribution >= 4 is 5.91 Å². The van der Waals surface area contributed by atoms with Crippen molar-refractivity contribution in [1.82, 2.24) is 15.1 Å². The summed E-state index contributed by atoms with van der Waals surface area (Å²) in [5.41, 5.74) is -0.652. The molecule has 1 aromatic heterocycles. The zero-order chi connectivity index (χ0) is 13.0. The highest BCUT2D eigenvalue weighted by atomic mass is 16.1. The van der Waals surface area contributed by atoms with E-state index in [0.717, 1.165) is 19.3 Å². The Morgan fingerprint density at radius 2 is 2.56 bits per heavy atom. The average molecular weight is 246 g/mol. The molecule has 0 radical (unpaired) electrons. The number of nitriles is 1. The molecular weight excluding hydrogens is 228 g/mol. The Labute approximate surface area is 107 Å². The average Bonchev–Trinajstić information content (AvgIpc) is 2.98. The molecule has 1 aliphatic carbocycles. The lowest BCUT2D eigenvalue weighted by atomic mass is 9.90. The third-order valence-corrected chi connectivity index (χ3v) is 3.74. The summed E-state index contributed by atoms with van der Waals surface area (Å²) in [6, 6.07) is 4.12. The molecule has 1 fully saturated rings. The van der Waals surface area contributed by atoms with Crippen LogP contribution in [0.2, 0.25) is 0 Å². The number of aryl methyl sites for hydroxylation is 1. The number of carbonyl (C=O) groups excluding carboxylic acids is 1.